The van der Waals surface area contributed by atoms with Crippen LogP contribution in [-0.4, -0.2) is 96.7 Å². The van der Waals surface area contributed by atoms with Crippen LogP contribution in [0, 0.1) is 11.8 Å². The Morgan fingerprint density at radius 2 is 0.531 bits per heavy atom. The van der Waals surface area contributed by atoms with E-state index in [1.165, 1.54) is 212 Å². The number of carbonyl (C=O) groups excluding carboxylic acids is 4. The fraction of sp³-hybridized carbons (Fsp3) is 0.948. The van der Waals surface area contributed by atoms with Crippen molar-refractivity contribution < 1.29 is 80.2 Å². The van der Waals surface area contributed by atoms with Gasteiger partial charge in [-0.2, -0.15) is 0 Å². The minimum absolute atomic E-state index is 0.107. The van der Waals surface area contributed by atoms with E-state index in [0.717, 1.165) is 108 Å². The van der Waals surface area contributed by atoms with Gasteiger partial charge in [0.15, 0.2) is 12.2 Å². The van der Waals surface area contributed by atoms with E-state index in [9.17, 15) is 43.2 Å². The van der Waals surface area contributed by atoms with Gasteiger partial charge in [0.05, 0.1) is 26.4 Å². The molecule has 0 aliphatic carbocycles. The van der Waals surface area contributed by atoms with E-state index in [1.807, 2.05) is 0 Å². The highest BCUT2D eigenvalue weighted by molar-refractivity contribution is 7.47. The first-order chi connectivity index (χ1) is 46.4. The second-order valence-electron chi connectivity index (χ2n) is 28.5. The summed E-state index contributed by atoms with van der Waals surface area (Å²) in [7, 11) is -9.91. The van der Waals surface area contributed by atoms with Crippen LogP contribution in [0.4, 0.5) is 0 Å². The maximum atomic E-state index is 13.1. The lowest BCUT2D eigenvalue weighted by molar-refractivity contribution is -0.161. The van der Waals surface area contributed by atoms with E-state index in [0.29, 0.717) is 25.7 Å². The predicted molar refractivity (Wildman–Crippen MR) is 391 cm³/mol. The molecule has 0 aliphatic heterocycles. The quantitative estimate of drug-likeness (QED) is 0.0222. The Bertz CT molecular complexity index is 1860. The molecule has 3 unspecified atom stereocenters. The number of esters is 4. The average molecular weight is 1410 g/mol. The standard InChI is InChI=1S/C77H150O17P2/c1-7-10-12-14-16-18-20-22-23-24-25-26-29-34-38-42-50-56-62-77(82)93-72(65-87-74(79)59-53-47-40-36-33-30-27-28-31-35-39-45-51-57-69(4)5)67-91-95(83,84)89-63-71(78)64-90-96(85,86)92-68-73(66-88-75(80)60-54-48-44-43-46-52-58-70(6)9-3)94-76(81)61-55-49-41-37-32-21-19-17-15-13-11-8-2/h69-73,78H,7-68H2,1-6H3,(H,83,84)(H,85,86)/t70?,71-,72-,73-/m1/s1. The molecule has 0 saturated carbocycles. The summed E-state index contributed by atoms with van der Waals surface area (Å²) in [4.78, 5) is 72.8. The molecule has 96 heavy (non-hydrogen) atoms. The molecule has 0 amide bonds. The molecule has 19 heteroatoms. The third-order valence-electron chi connectivity index (χ3n) is 18.3. The molecule has 0 aromatic heterocycles. The molecule has 0 heterocycles. The van der Waals surface area contributed by atoms with Gasteiger partial charge in [0.25, 0.3) is 0 Å². The smallest absolute Gasteiger partial charge is 0.462 e. The van der Waals surface area contributed by atoms with Crippen LogP contribution in [0.15, 0.2) is 0 Å². The van der Waals surface area contributed by atoms with Crippen LogP contribution in [0.2, 0.25) is 0 Å². The minimum atomic E-state index is -4.96. The fourth-order valence-corrected chi connectivity index (χ4v) is 13.4. The summed E-state index contributed by atoms with van der Waals surface area (Å²) in [6.45, 7) is 9.59. The van der Waals surface area contributed by atoms with Crippen LogP contribution >= 0.6 is 15.6 Å². The van der Waals surface area contributed by atoms with Crippen molar-refractivity contribution in [3.63, 3.8) is 0 Å². The highest BCUT2D eigenvalue weighted by Gasteiger charge is 2.30. The largest absolute Gasteiger partial charge is 0.472 e. The Morgan fingerprint density at radius 1 is 0.302 bits per heavy atom. The normalized spacial score (nSPS) is 14.3. The molecule has 0 aliphatic rings. The Balaban J connectivity index is 5.24. The predicted octanol–water partition coefficient (Wildman–Crippen LogP) is 22.7. The van der Waals surface area contributed by atoms with E-state index in [1.54, 1.807) is 0 Å². The molecule has 0 radical (unpaired) electrons. The second kappa shape index (κ2) is 68.8. The Labute approximate surface area is 588 Å². The van der Waals surface area contributed by atoms with Gasteiger partial charge in [-0.3, -0.25) is 37.3 Å². The molecule has 0 aromatic carbocycles. The molecule has 0 aromatic rings. The molecule has 6 atom stereocenters. The highest BCUT2D eigenvalue weighted by Crippen LogP contribution is 2.45. The van der Waals surface area contributed by atoms with Crippen LogP contribution in [0.5, 0.6) is 0 Å². The van der Waals surface area contributed by atoms with Gasteiger partial charge in [-0.1, -0.05) is 350 Å². The molecule has 17 nitrogen and oxygen atoms in total. The third-order valence-corrected chi connectivity index (χ3v) is 20.2. The summed E-state index contributed by atoms with van der Waals surface area (Å²) in [6.07, 6.45) is 56.8. The van der Waals surface area contributed by atoms with Gasteiger partial charge in [0, 0.05) is 25.7 Å². The number of rotatable bonds is 76. The van der Waals surface area contributed by atoms with Crippen molar-refractivity contribution in [2.75, 3.05) is 39.6 Å². The fourth-order valence-electron chi connectivity index (χ4n) is 11.8. The molecule has 0 spiro atoms. The molecule has 0 fully saturated rings. The van der Waals surface area contributed by atoms with E-state index in [4.69, 9.17) is 37.0 Å². The number of hydrogen-bond donors (Lipinski definition) is 3. The molecule has 0 saturated heterocycles. The SMILES string of the molecule is CCCCCCCCCCCCCCCCCCCCC(=O)O[C@H](COC(=O)CCCCCCCCCCCCCCCC(C)C)COP(=O)(O)OC[C@@H](O)COP(=O)(O)OC[C@@H](COC(=O)CCCCCCCCC(C)CC)OC(=O)CCCCCCCCCCCCCC. The summed E-state index contributed by atoms with van der Waals surface area (Å²) in [5.41, 5.74) is 0. The lowest BCUT2D eigenvalue weighted by Gasteiger charge is -2.21. The lowest BCUT2D eigenvalue weighted by atomic mass is 10.00. The summed E-state index contributed by atoms with van der Waals surface area (Å²) >= 11 is 0. The number of hydrogen-bond acceptors (Lipinski definition) is 15. The van der Waals surface area contributed by atoms with E-state index in [2.05, 4.69) is 41.5 Å². The summed E-state index contributed by atoms with van der Waals surface area (Å²) in [5, 5.41) is 10.6. The first-order valence-electron chi connectivity index (χ1n) is 40.0. The zero-order valence-electron chi connectivity index (χ0n) is 62.7. The van der Waals surface area contributed by atoms with Gasteiger partial charge in [-0.05, 0) is 37.5 Å². The van der Waals surface area contributed by atoms with Gasteiger partial charge in [0.1, 0.15) is 19.3 Å². The van der Waals surface area contributed by atoms with Gasteiger partial charge < -0.3 is 33.8 Å². The van der Waals surface area contributed by atoms with Crippen LogP contribution in [-0.2, 0) is 65.4 Å². The third kappa shape index (κ3) is 69.2. The molecule has 3 N–H and O–H groups in total. The van der Waals surface area contributed by atoms with Gasteiger partial charge >= 0.3 is 39.5 Å². The van der Waals surface area contributed by atoms with Gasteiger partial charge in [-0.15, -0.1) is 0 Å². The van der Waals surface area contributed by atoms with Crippen molar-refractivity contribution >= 4 is 39.5 Å². The van der Waals surface area contributed by atoms with Crippen molar-refractivity contribution in [2.45, 2.75) is 419 Å². The van der Waals surface area contributed by atoms with E-state index < -0.39 is 97.5 Å². The molecular formula is C77H150O17P2. The topological polar surface area (TPSA) is 237 Å². The highest BCUT2D eigenvalue weighted by atomic mass is 31.2. The van der Waals surface area contributed by atoms with Crippen LogP contribution in [0.25, 0.3) is 0 Å². The Hall–Kier alpha value is -1.94. The number of ether oxygens (including phenoxy) is 4. The second-order valence-corrected chi connectivity index (χ2v) is 31.4. The molecular weight excluding hydrogens is 1260 g/mol. The van der Waals surface area contributed by atoms with Crippen molar-refractivity contribution in [2.24, 2.45) is 11.8 Å². The Morgan fingerprint density at radius 3 is 0.792 bits per heavy atom. The summed E-state index contributed by atoms with van der Waals surface area (Å²) in [6, 6.07) is 0. The summed E-state index contributed by atoms with van der Waals surface area (Å²) in [5.74, 6) is -0.591. The van der Waals surface area contributed by atoms with Crippen molar-refractivity contribution in [3.05, 3.63) is 0 Å². The van der Waals surface area contributed by atoms with Crippen molar-refractivity contribution in [3.8, 4) is 0 Å². The van der Waals surface area contributed by atoms with E-state index >= 15 is 0 Å². The zero-order valence-corrected chi connectivity index (χ0v) is 64.5. The molecule has 0 rings (SSSR count). The van der Waals surface area contributed by atoms with Crippen LogP contribution in [0.1, 0.15) is 401 Å². The maximum absolute atomic E-state index is 13.1. The summed E-state index contributed by atoms with van der Waals surface area (Å²) < 4.78 is 68.6. The van der Waals surface area contributed by atoms with Crippen LogP contribution < -0.4 is 0 Å². The average Bonchev–Trinajstić information content (AvgIpc) is 1.28. The zero-order chi connectivity index (χ0) is 70.7. The Kier molecular flexibility index (Phi) is 67.4. The van der Waals surface area contributed by atoms with E-state index in [-0.39, 0.29) is 25.7 Å². The minimum Gasteiger partial charge on any atom is -0.462 e. The monoisotopic (exact) mass is 1410 g/mol. The first kappa shape index (κ1) is 94.1. The maximum Gasteiger partial charge on any atom is 0.472 e. The van der Waals surface area contributed by atoms with Crippen molar-refractivity contribution in [1.29, 1.82) is 0 Å². The van der Waals surface area contributed by atoms with Crippen molar-refractivity contribution in [1.82, 2.24) is 0 Å². The van der Waals surface area contributed by atoms with Gasteiger partial charge in [-0.25, -0.2) is 9.13 Å². The van der Waals surface area contributed by atoms with Crippen LogP contribution in [0.3, 0.4) is 0 Å². The van der Waals surface area contributed by atoms with Gasteiger partial charge in [0.2, 0.25) is 0 Å². The lowest BCUT2D eigenvalue weighted by Crippen LogP contribution is -2.30. The number of aliphatic hydroxyl groups excluding tert-OH is 1. The number of carbonyl (C=O) groups is 4. The molecule has 570 valence electrons. The molecule has 0 bridgehead atoms. The number of aliphatic hydroxyl groups is 1. The first-order valence-corrected chi connectivity index (χ1v) is 43.0. The number of phosphoric acid groups is 2. The number of unbranched alkanes of at least 4 members (excludes halogenated alkanes) is 45. The number of phosphoric ester groups is 2.